The number of rotatable bonds is 4. The van der Waals surface area contributed by atoms with Crippen LogP contribution in [0.3, 0.4) is 0 Å². The molecular formula is C12H21N3O2. The third kappa shape index (κ3) is 3.04. The maximum absolute atomic E-state index is 9.54. The van der Waals surface area contributed by atoms with Gasteiger partial charge in [-0.1, -0.05) is 19.0 Å². The van der Waals surface area contributed by atoms with Crippen LogP contribution in [-0.2, 0) is 6.54 Å². The van der Waals surface area contributed by atoms with Gasteiger partial charge in [0.25, 0.3) is 0 Å². The highest BCUT2D eigenvalue weighted by molar-refractivity contribution is 4.92. The molecule has 1 aliphatic heterocycles. The number of aliphatic hydroxyl groups is 1. The lowest BCUT2D eigenvalue weighted by Gasteiger charge is -2.15. The number of likely N-dealkylation sites (tertiary alicyclic amines) is 1. The minimum absolute atomic E-state index is 0.225. The van der Waals surface area contributed by atoms with Crippen LogP contribution in [-0.4, -0.2) is 39.3 Å². The maximum atomic E-state index is 9.54. The summed E-state index contributed by atoms with van der Waals surface area (Å²) in [5, 5.41) is 13.5. The van der Waals surface area contributed by atoms with Crippen molar-refractivity contribution in [3.8, 4) is 0 Å². The van der Waals surface area contributed by atoms with Gasteiger partial charge in [0, 0.05) is 12.5 Å². The van der Waals surface area contributed by atoms with E-state index in [-0.39, 0.29) is 12.0 Å². The maximum Gasteiger partial charge on any atom is 0.229 e. The van der Waals surface area contributed by atoms with Crippen LogP contribution >= 0.6 is 0 Å². The van der Waals surface area contributed by atoms with Gasteiger partial charge in [-0.15, -0.1) is 0 Å². The monoisotopic (exact) mass is 239 g/mol. The Hall–Kier alpha value is -0.940. The van der Waals surface area contributed by atoms with Crippen molar-refractivity contribution in [1.29, 1.82) is 0 Å². The number of nitrogens with zero attached hydrogens (tertiary/aromatic N) is 3. The molecule has 2 heterocycles. The van der Waals surface area contributed by atoms with E-state index in [9.17, 15) is 5.11 Å². The zero-order chi connectivity index (χ0) is 12.4. The van der Waals surface area contributed by atoms with Gasteiger partial charge in [-0.2, -0.15) is 4.98 Å². The van der Waals surface area contributed by atoms with Gasteiger partial charge in [0.2, 0.25) is 5.89 Å². The molecule has 0 aromatic carbocycles. The molecule has 5 heteroatoms. The van der Waals surface area contributed by atoms with Crippen molar-refractivity contribution in [1.82, 2.24) is 15.0 Å². The highest BCUT2D eigenvalue weighted by atomic mass is 16.5. The van der Waals surface area contributed by atoms with Crippen molar-refractivity contribution < 1.29 is 9.63 Å². The van der Waals surface area contributed by atoms with Crippen LogP contribution in [0, 0.1) is 5.92 Å². The Bertz CT molecular complexity index is 362. The summed E-state index contributed by atoms with van der Waals surface area (Å²) in [5.74, 6) is 2.11. The topological polar surface area (TPSA) is 62.4 Å². The number of hydrogen-bond acceptors (Lipinski definition) is 5. The molecule has 2 rings (SSSR count). The Kier molecular flexibility index (Phi) is 3.79. The zero-order valence-electron chi connectivity index (χ0n) is 10.8. The van der Waals surface area contributed by atoms with Crippen LogP contribution in [0.25, 0.3) is 0 Å². The molecule has 1 aromatic rings. The third-order valence-corrected chi connectivity index (χ3v) is 3.33. The van der Waals surface area contributed by atoms with Gasteiger partial charge in [0.05, 0.1) is 12.6 Å². The SMILES string of the molecule is CC(C)c1nc(CN2CCC(C(C)O)C2)no1. The van der Waals surface area contributed by atoms with E-state index in [2.05, 4.69) is 15.0 Å². The fraction of sp³-hybridized carbons (Fsp3) is 0.833. The molecule has 1 aliphatic rings. The second-order valence-corrected chi connectivity index (χ2v) is 5.23. The van der Waals surface area contributed by atoms with E-state index < -0.39 is 0 Å². The van der Waals surface area contributed by atoms with Gasteiger partial charge in [0.1, 0.15) is 0 Å². The van der Waals surface area contributed by atoms with Gasteiger partial charge in [0.15, 0.2) is 5.82 Å². The van der Waals surface area contributed by atoms with Crippen molar-refractivity contribution >= 4 is 0 Å². The molecular weight excluding hydrogens is 218 g/mol. The summed E-state index contributed by atoms with van der Waals surface area (Å²) in [6, 6.07) is 0. The molecule has 1 fully saturated rings. The molecule has 0 spiro atoms. The largest absolute Gasteiger partial charge is 0.393 e. The first-order valence-electron chi connectivity index (χ1n) is 6.29. The van der Waals surface area contributed by atoms with Gasteiger partial charge in [-0.25, -0.2) is 0 Å². The summed E-state index contributed by atoms with van der Waals surface area (Å²) >= 11 is 0. The van der Waals surface area contributed by atoms with Crippen molar-refractivity contribution in [2.24, 2.45) is 5.92 Å². The predicted octanol–water partition coefficient (Wildman–Crippen LogP) is 1.40. The van der Waals surface area contributed by atoms with Gasteiger partial charge < -0.3 is 9.63 Å². The molecule has 0 saturated carbocycles. The summed E-state index contributed by atoms with van der Waals surface area (Å²) in [7, 11) is 0. The first-order valence-corrected chi connectivity index (χ1v) is 6.29. The smallest absolute Gasteiger partial charge is 0.229 e. The van der Waals surface area contributed by atoms with Crippen LogP contribution in [0.5, 0.6) is 0 Å². The van der Waals surface area contributed by atoms with Crippen molar-refractivity contribution in [3.63, 3.8) is 0 Å². The van der Waals surface area contributed by atoms with Crippen molar-refractivity contribution in [3.05, 3.63) is 11.7 Å². The Morgan fingerprint density at radius 2 is 2.24 bits per heavy atom. The summed E-state index contributed by atoms with van der Waals surface area (Å²) in [6.07, 6.45) is 0.823. The van der Waals surface area contributed by atoms with E-state index in [1.54, 1.807) is 0 Å². The van der Waals surface area contributed by atoms with E-state index in [4.69, 9.17) is 4.52 Å². The molecule has 2 unspecified atom stereocenters. The average molecular weight is 239 g/mol. The quantitative estimate of drug-likeness (QED) is 0.860. The number of aliphatic hydroxyl groups excluding tert-OH is 1. The highest BCUT2D eigenvalue weighted by Crippen LogP contribution is 2.21. The minimum Gasteiger partial charge on any atom is -0.393 e. The molecule has 1 saturated heterocycles. The molecule has 0 radical (unpaired) electrons. The molecule has 2 atom stereocenters. The predicted molar refractivity (Wildman–Crippen MR) is 63.5 cm³/mol. The number of aromatic nitrogens is 2. The molecule has 1 aromatic heterocycles. The molecule has 5 nitrogen and oxygen atoms in total. The zero-order valence-corrected chi connectivity index (χ0v) is 10.8. The molecule has 1 N–H and O–H groups in total. The van der Waals surface area contributed by atoms with Crippen molar-refractivity contribution in [2.75, 3.05) is 13.1 Å². The van der Waals surface area contributed by atoms with Crippen LogP contribution in [0.4, 0.5) is 0 Å². The second kappa shape index (κ2) is 5.14. The van der Waals surface area contributed by atoms with Crippen LogP contribution in [0.1, 0.15) is 44.8 Å². The Morgan fingerprint density at radius 1 is 1.47 bits per heavy atom. The molecule has 0 amide bonds. The lowest BCUT2D eigenvalue weighted by molar-refractivity contribution is 0.127. The molecule has 0 bridgehead atoms. The Labute approximate surface area is 102 Å². The van der Waals surface area contributed by atoms with E-state index in [0.717, 1.165) is 31.9 Å². The normalized spacial score (nSPS) is 23.5. The summed E-state index contributed by atoms with van der Waals surface area (Å²) in [6.45, 7) is 8.58. The summed E-state index contributed by atoms with van der Waals surface area (Å²) in [4.78, 5) is 6.63. The van der Waals surface area contributed by atoms with Gasteiger partial charge in [-0.05, 0) is 25.8 Å². The first kappa shape index (κ1) is 12.5. The summed E-state index contributed by atoms with van der Waals surface area (Å²) < 4.78 is 5.17. The fourth-order valence-electron chi connectivity index (χ4n) is 2.17. The molecule has 17 heavy (non-hydrogen) atoms. The summed E-state index contributed by atoms with van der Waals surface area (Å²) in [5.41, 5.74) is 0. The Balaban J connectivity index is 1.89. The third-order valence-electron chi connectivity index (χ3n) is 3.33. The number of hydrogen-bond donors (Lipinski definition) is 1. The first-order chi connectivity index (χ1) is 8.06. The van der Waals surface area contributed by atoms with E-state index >= 15 is 0 Å². The standard InChI is InChI=1S/C12H21N3O2/c1-8(2)12-13-11(14-17-12)7-15-5-4-10(6-15)9(3)16/h8-10,16H,4-7H2,1-3H3. The highest BCUT2D eigenvalue weighted by Gasteiger charge is 2.26. The Morgan fingerprint density at radius 3 is 2.76 bits per heavy atom. The second-order valence-electron chi connectivity index (χ2n) is 5.23. The van der Waals surface area contributed by atoms with E-state index in [0.29, 0.717) is 11.8 Å². The lowest BCUT2D eigenvalue weighted by atomic mass is 10.0. The van der Waals surface area contributed by atoms with Crippen LogP contribution in [0.15, 0.2) is 4.52 Å². The lowest BCUT2D eigenvalue weighted by Crippen LogP contribution is -2.24. The van der Waals surface area contributed by atoms with Crippen LogP contribution < -0.4 is 0 Å². The molecule has 0 aliphatic carbocycles. The minimum atomic E-state index is -0.225. The van der Waals surface area contributed by atoms with Crippen LogP contribution in [0.2, 0.25) is 0 Å². The molecule has 96 valence electrons. The van der Waals surface area contributed by atoms with E-state index in [1.165, 1.54) is 0 Å². The fourth-order valence-corrected chi connectivity index (χ4v) is 2.17. The van der Waals surface area contributed by atoms with Crippen molar-refractivity contribution in [2.45, 2.75) is 45.8 Å². The van der Waals surface area contributed by atoms with Gasteiger partial charge >= 0.3 is 0 Å². The average Bonchev–Trinajstić information content (AvgIpc) is 2.87. The van der Waals surface area contributed by atoms with E-state index in [1.807, 2.05) is 20.8 Å². The van der Waals surface area contributed by atoms with Gasteiger partial charge in [-0.3, -0.25) is 4.90 Å².